The molecule has 4 nitrogen and oxygen atoms in total. The highest BCUT2D eigenvalue weighted by Gasteiger charge is 2.06. The van der Waals surface area contributed by atoms with Crippen molar-refractivity contribution in [1.29, 1.82) is 0 Å². The lowest BCUT2D eigenvalue weighted by Gasteiger charge is -2.04. The molecule has 0 unspecified atom stereocenters. The number of aromatic hydroxyl groups is 2. The SMILES string of the molecule is CCOC(=O)C=Cc1ccc(O)c(C)c1O. The van der Waals surface area contributed by atoms with Crippen LogP contribution in [0.4, 0.5) is 0 Å². The molecule has 0 bridgehead atoms. The summed E-state index contributed by atoms with van der Waals surface area (Å²) in [5, 5.41) is 19.0. The van der Waals surface area contributed by atoms with E-state index in [1.165, 1.54) is 24.3 Å². The van der Waals surface area contributed by atoms with Gasteiger partial charge in [-0.2, -0.15) is 0 Å². The van der Waals surface area contributed by atoms with Crippen LogP contribution in [0, 0.1) is 6.92 Å². The van der Waals surface area contributed by atoms with Crippen LogP contribution in [0.2, 0.25) is 0 Å². The fraction of sp³-hybridized carbons (Fsp3) is 0.250. The molecule has 1 aromatic carbocycles. The molecule has 0 amide bonds. The molecule has 2 N–H and O–H groups in total. The molecule has 0 saturated heterocycles. The molecule has 86 valence electrons. The summed E-state index contributed by atoms with van der Waals surface area (Å²) in [6.45, 7) is 3.62. The maximum absolute atomic E-state index is 11.0. The first-order valence-electron chi connectivity index (χ1n) is 4.92. The third-order valence-electron chi connectivity index (χ3n) is 2.12. The van der Waals surface area contributed by atoms with Gasteiger partial charge in [0.2, 0.25) is 0 Å². The molecule has 0 atom stereocenters. The third-order valence-corrected chi connectivity index (χ3v) is 2.12. The topological polar surface area (TPSA) is 66.8 Å². The van der Waals surface area contributed by atoms with Crippen LogP contribution in [0.1, 0.15) is 18.1 Å². The number of esters is 1. The first-order chi connectivity index (χ1) is 7.56. The molecule has 16 heavy (non-hydrogen) atoms. The van der Waals surface area contributed by atoms with Gasteiger partial charge in [0.25, 0.3) is 0 Å². The van der Waals surface area contributed by atoms with Crippen LogP contribution >= 0.6 is 0 Å². The van der Waals surface area contributed by atoms with Crippen LogP contribution in [0.3, 0.4) is 0 Å². The van der Waals surface area contributed by atoms with E-state index >= 15 is 0 Å². The highest BCUT2D eigenvalue weighted by Crippen LogP contribution is 2.30. The summed E-state index contributed by atoms with van der Waals surface area (Å²) in [6.07, 6.45) is 2.68. The van der Waals surface area contributed by atoms with E-state index in [1.807, 2.05) is 0 Å². The van der Waals surface area contributed by atoms with E-state index in [-0.39, 0.29) is 11.5 Å². The van der Waals surface area contributed by atoms with Crippen molar-refractivity contribution >= 4 is 12.0 Å². The van der Waals surface area contributed by atoms with Crippen molar-refractivity contribution in [2.75, 3.05) is 6.61 Å². The molecule has 0 aliphatic rings. The monoisotopic (exact) mass is 222 g/mol. The molecule has 0 heterocycles. The Labute approximate surface area is 93.8 Å². The van der Waals surface area contributed by atoms with Gasteiger partial charge in [0.05, 0.1) is 6.61 Å². The highest BCUT2D eigenvalue weighted by atomic mass is 16.5. The van der Waals surface area contributed by atoms with Gasteiger partial charge in [0.15, 0.2) is 0 Å². The van der Waals surface area contributed by atoms with E-state index in [4.69, 9.17) is 4.74 Å². The Morgan fingerprint density at radius 2 is 2.12 bits per heavy atom. The molecule has 1 rings (SSSR count). The largest absolute Gasteiger partial charge is 0.508 e. The first kappa shape index (κ1) is 12.1. The van der Waals surface area contributed by atoms with Gasteiger partial charge in [0.1, 0.15) is 11.5 Å². The predicted molar refractivity (Wildman–Crippen MR) is 60.2 cm³/mol. The Kier molecular flexibility index (Phi) is 3.94. The Bertz CT molecular complexity index is 421. The van der Waals surface area contributed by atoms with Crippen LogP contribution in [0.15, 0.2) is 18.2 Å². The lowest BCUT2D eigenvalue weighted by Crippen LogP contribution is -1.98. The summed E-state index contributed by atoms with van der Waals surface area (Å²) in [7, 11) is 0. The van der Waals surface area contributed by atoms with Crippen LogP contribution in [0.25, 0.3) is 6.08 Å². The predicted octanol–water partition coefficient (Wildman–Crippen LogP) is 1.98. The van der Waals surface area contributed by atoms with E-state index in [9.17, 15) is 15.0 Å². The molecule has 0 aliphatic heterocycles. The average Bonchev–Trinajstić information content (AvgIpc) is 2.25. The minimum atomic E-state index is -0.465. The molecule has 0 spiro atoms. The highest BCUT2D eigenvalue weighted by molar-refractivity contribution is 5.87. The van der Waals surface area contributed by atoms with Crippen molar-refractivity contribution in [2.24, 2.45) is 0 Å². The number of phenols is 2. The number of hydrogen-bond donors (Lipinski definition) is 2. The van der Waals surface area contributed by atoms with Gasteiger partial charge < -0.3 is 14.9 Å². The van der Waals surface area contributed by atoms with E-state index in [0.29, 0.717) is 17.7 Å². The summed E-state index contributed by atoms with van der Waals surface area (Å²) < 4.78 is 4.70. The minimum Gasteiger partial charge on any atom is -0.508 e. The summed E-state index contributed by atoms with van der Waals surface area (Å²) in [4.78, 5) is 11.0. The van der Waals surface area contributed by atoms with Crippen molar-refractivity contribution in [3.63, 3.8) is 0 Å². The van der Waals surface area contributed by atoms with Crippen LogP contribution in [0.5, 0.6) is 11.5 Å². The van der Waals surface area contributed by atoms with Gasteiger partial charge in [-0.25, -0.2) is 4.79 Å². The van der Waals surface area contributed by atoms with E-state index in [1.54, 1.807) is 13.8 Å². The van der Waals surface area contributed by atoms with Gasteiger partial charge in [-0.3, -0.25) is 0 Å². The Balaban J connectivity index is 2.90. The number of carbonyl (C=O) groups excluding carboxylic acids is 1. The minimum absolute atomic E-state index is 0.0192. The second-order valence-corrected chi connectivity index (χ2v) is 3.23. The van der Waals surface area contributed by atoms with Gasteiger partial charge >= 0.3 is 5.97 Å². The molecular weight excluding hydrogens is 208 g/mol. The zero-order valence-corrected chi connectivity index (χ0v) is 9.23. The van der Waals surface area contributed by atoms with Crippen molar-refractivity contribution in [3.8, 4) is 11.5 Å². The maximum atomic E-state index is 11.0. The van der Waals surface area contributed by atoms with Gasteiger partial charge in [-0.05, 0) is 32.1 Å². The number of rotatable bonds is 3. The molecule has 1 aromatic rings. The zero-order valence-electron chi connectivity index (χ0n) is 9.23. The van der Waals surface area contributed by atoms with Crippen LogP contribution < -0.4 is 0 Å². The number of benzene rings is 1. The number of carbonyl (C=O) groups is 1. The second-order valence-electron chi connectivity index (χ2n) is 3.23. The lowest BCUT2D eigenvalue weighted by molar-refractivity contribution is -0.137. The number of hydrogen-bond acceptors (Lipinski definition) is 4. The third kappa shape index (κ3) is 2.76. The van der Waals surface area contributed by atoms with E-state index in [2.05, 4.69) is 0 Å². The zero-order chi connectivity index (χ0) is 12.1. The summed E-state index contributed by atoms with van der Waals surface area (Å²) in [6, 6.07) is 2.98. The summed E-state index contributed by atoms with van der Waals surface area (Å²) >= 11 is 0. The molecule has 0 saturated carbocycles. The standard InChI is InChI=1S/C12H14O4/c1-3-16-11(14)7-5-9-4-6-10(13)8(2)12(9)15/h4-7,13,15H,3H2,1-2H3. The molecule has 0 aromatic heterocycles. The molecule has 0 fully saturated rings. The van der Waals surface area contributed by atoms with Crippen molar-refractivity contribution in [2.45, 2.75) is 13.8 Å². The second kappa shape index (κ2) is 5.21. The smallest absolute Gasteiger partial charge is 0.330 e. The van der Waals surface area contributed by atoms with Gasteiger partial charge in [-0.15, -0.1) is 0 Å². The molecule has 4 heteroatoms. The summed E-state index contributed by atoms with van der Waals surface area (Å²) in [5.41, 5.74) is 0.842. The lowest BCUT2D eigenvalue weighted by atomic mass is 10.1. The molecular formula is C12H14O4. The Morgan fingerprint density at radius 3 is 2.75 bits per heavy atom. The average molecular weight is 222 g/mol. The first-order valence-corrected chi connectivity index (χ1v) is 4.92. The normalized spacial score (nSPS) is 10.6. The molecule has 0 aliphatic carbocycles. The van der Waals surface area contributed by atoms with Crippen LogP contribution in [-0.2, 0) is 9.53 Å². The quantitative estimate of drug-likeness (QED) is 0.606. The van der Waals surface area contributed by atoms with Crippen molar-refractivity contribution < 1.29 is 19.7 Å². The summed E-state index contributed by atoms with van der Waals surface area (Å²) in [5.74, 6) is -0.487. The van der Waals surface area contributed by atoms with Crippen LogP contribution in [-0.4, -0.2) is 22.8 Å². The fourth-order valence-corrected chi connectivity index (χ4v) is 1.19. The van der Waals surface area contributed by atoms with E-state index < -0.39 is 5.97 Å². The van der Waals surface area contributed by atoms with E-state index in [0.717, 1.165) is 0 Å². The van der Waals surface area contributed by atoms with Crippen molar-refractivity contribution in [1.82, 2.24) is 0 Å². The number of ether oxygens (including phenoxy) is 1. The fourth-order valence-electron chi connectivity index (χ4n) is 1.19. The Morgan fingerprint density at radius 1 is 1.44 bits per heavy atom. The molecule has 0 radical (unpaired) electrons. The van der Waals surface area contributed by atoms with Gasteiger partial charge in [0, 0.05) is 17.2 Å². The maximum Gasteiger partial charge on any atom is 0.330 e. The Hall–Kier alpha value is -1.97. The number of phenolic OH excluding ortho intramolecular Hbond substituents is 2. The van der Waals surface area contributed by atoms with Crippen molar-refractivity contribution in [3.05, 3.63) is 29.3 Å². The van der Waals surface area contributed by atoms with Gasteiger partial charge in [-0.1, -0.05) is 0 Å².